The monoisotopic (exact) mass is 297 g/mol. The van der Waals surface area contributed by atoms with E-state index in [4.69, 9.17) is 4.74 Å². The Bertz CT molecular complexity index is 654. The Balaban J connectivity index is 1.61. The molecule has 0 heterocycles. The summed E-state index contributed by atoms with van der Waals surface area (Å²) in [4.78, 5) is 12.2. The van der Waals surface area contributed by atoms with E-state index in [-0.39, 0.29) is 12.5 Å². The molecule has 2 aromatic rings. The van der Waals surface area contributed by atoms with Crippen molar-refractivity contribution in [1.29, 1.82) is 0 Å². The zero-order valence-corrected chi connectivity index (χ0v) is 12.5. The number of hydrogen-bond acceptors (Lipinski definition) is 3. The molecule has 0 radical (unpaired) electrons. The first-order valence-corrected chi connectivity index (χ1v) is 7.31. The van der Waals surface area contributed by atoms with Crippen LogP contribution in [-0.2, 0) is 12.8 Å². The number of amides is 1. The lowest BCUT2D eigenvalue weighted by Crippen LogP contribution is -2.43. The molecule has 0 aromatic heterocycles. The molecule has 2 N–H and O–H groups in total. The molecule has 0 bridgehead atoms. The van der Waals surface area contributed by atoms with Crippen LogP contribution in [-0.4, -0.2) is 30.3 Å². The Morgan fingerprint density at radius 2 is 1.73 bits per heavy atom. The van der Waals surface area contributed by atoms with E-state index >= 15 is 0 Å². The van der Waals surface area contributed by atoms with Gasteiger partial charge in [-0.05, 0) is 35.4 Å². The molecule has 1 amide bonds. The predicted octanol–water partition coefficient (Wildman–Crippen LogP) is 1.95. The standard InChI is InChI=1S/C18H19NO3/c1-22-16-8-6-13(7-9-16)17(20)19-12-18(21)10-14-4-2-3-5-15(14)11-18/h2-9,21H,10-12H2,1H3,(H,19,20). The summed E-state index contributed by atoms with van der Waals surface area (Å²) in [6.07, 6.45) is 1.15. The van der Waals surface area contributed by atoms with E-state index in [0.717, 1.165) is 11.1 Å². The van der Waals surface area contributed by atoms with Crippen molar-refractivity contribution in [3.63, 3.8) is 0 Å². The van der Waals surface area contributed by atoms with Gasteiger partial charge in [0.15, 0.2) is 0 Å². The molecule has 1 aliphatic rings. The van der Waals surface area contributed by atoms with Gasteiger partial charge in [-0.1, -0.05) is 24.3 Å². The maximum Gasteiger partial charge on any atom is 0.251 e. The van der Waals surface area contributed by atoms with Crippen LogP contribution in [0.25, 0.3) is 0 Å². The van der Waals surface area contributed by atoms with Crippen LogP contribution in [0.2, 0.25) is 0 Å². The summed E-state index contributed by atoms with van der Waals surface area (Å²) >= 11 is 0. The summed E-state index contributed by atoms with van der Waals surface area (Å²) in [6.45, 7) is 0.243. The third kappa shape index (κ3) is 2.97. The Morgan fingerprint density at radius 1 is 1.14 bits per heavy atom. The molecule has 0 spiro atoms. The van der Waals surface area contributed by atoms with Crippen molar-refractivity contribution in [2.24, 2.45) is 0 Å². The van der Waals surface area contributed by atoms with Gasteiger partial charge in [-0.2, -0.15) is 0 Å². The molecule has 0 aliphatic heterocycles. The van der Waals surface area contributed by atoms with Crippen molar-refractivity contribution in [3.05, 3.63) is 65.2 Å². The Labute approximate surface area is 129 Å². The molecule has 1 aliphatic carbocycles. The van der Waals surface area contributed by atoms with E-state index in [1.54, 1.807) is 31.4 Å². The van der Waals surface area contributed by atoms with E-state index in [0.29, 0.717) is 24.2 Å². The highest BCUT2D eigenvalue weighted by Gasteiger charge is 2.35. The van der Waals surface area contributed by atoms with E-state index < -0.39 is 5.60 Å². The highest BCUT2D eigenvalue weighted by molar-refractivity contribution is 5.94. The second-order valence-corrected chi connectivity index (χ2v) is 5.76. The van der Waals surface area contributed by atoms with E-state index in [9.17, 15) is 9.90 Å². The minimum atomic E-state index is -0.897. The number of carbonyl (C=O) groups excluding carboxylic acids is 1. The van der Waals surface area contributed by atoms with Crippen LogP contribution in [0.15, 0.2) is 48.5 Å². The molecule has 114 valence electrons. The molecule has 0 saturated carbocycles. The number of hydrogen-bond donors (Lipinski definition) is 2. The van der Waals surface area contributed by atoms with Gasteiger partial charge in [0, 0.05) is 24.9 Å². The van der Waals surface area contributed by atoms with Crippen molar-refractivity contribution in [2.75, 3.05) is 13.7 Å². The second kappa shape index (κ2) is 5.81. The smallest absolute Gasteiger partial charge is 0.251 e. The van der Waals surface area contributed by atoms with Gasteiger partial charge in [-0.15, -0.1) is 0 Å². The molecule has 0 unspecified atom stereocenters. The van der Waals surface area contributed by atoms with E-state index in [1.165, 1.54) is 0 Å². The third-order valence-corrected chi connectivity index (χ3v) is 4.09. The molecule has 0 saturated heterocycles. The summed E-state index contributed by atoms with van der Waals surface area (Å²) in [7, 11) is 1.59. The topological polar surface area (TPSA) is 58.6 Å². The summed E-state index contributed by atoms with van der Waals surface area (Å²) in [6, 6.07) is 14.9. The first-order chi connectivity index (χ1) is 10.6. The van der Waals surface area contributed by atoms with Crippen LogP contribution in [0.1, 0.15) is 21.5 Å². The normalized spacial score (nSPS) is 15.2. The molecule has 22 heavy (non-hydrogen) atoms. The Morgan fingerprint density at radius 3 is 2.27 bits per heavy atom. The molecule has 2 aromatic carbocycles. The lowest BCUT2D eigenvalue weighted by molar-refractivity contribution is 0.0480. The van der Waals surface area contributed by atoms with Gasteiger partial charge >= 0.3 is 0 Å². The quantitative estimate of drug-likeness (QED) is 0.907. The molecular formula is C18H19NO3. The van der Waals surface area contributed by atoms with Gasteiger partial charge in [0.25, 0.3) is 5.91 Å². The largest absolute Gasteiger partial charge is 0.497 e. The van der Waals surface area contributed by atoms with Gasteiger partial charge in [0.2, 0.25) is 0 Å². The number of aliphatic hydroxyl groups is 1. The fraction of sp³-hybridized carbons (Fsp3) is 0.278. The van der Waals surface area contributed by atoms with E-state index in [1.807, 2.05) is 24.3 Å². The highest BCUT2D eigenvalue weighted by atomic mass is 16.5. The SMILES string of the molecule is COc1ccc(C(=O)NCC2(O)Cc3ccccc3C2)cc1. The number of rotatable bonds is 4. The summed E-state index contributed by atoms with van der Waals surface area (Å²) < 4.78 is 5.07. The molecule has 0 fully saturated rings. The maximum atomic E-state index is 12.2. The minimum absolute atomic E-state index is 0.188. The van der Waals surface area contributed by atoms with E-state index in [2.05, 4.69) is 5.32 Å². The summed E-state index contributed by atoms with van der Waals surface area (Å²) in [5.41, 5.74) is 1.97. The Kier molecular flexibility index (Phi) is 3.86. The van der Waals surface area contributed by atoms with Crippen LogP contribution < -0.4 is 10.1 Å². The predicted molar refractivity (Wildman–Crippen MR) is 84.1 cm³/mol. The third-order valence-electron chi connectivity index (χ3n) is 4.09. The van der Waals surface area contributed by atoms with Crippen LogP contribution in [0.5, 0.6) is 5.75 Å². The van der Waals surface area contributed by atoms with Crippen LogP contribution in [0.4, 0.5) is 0 Å². The molecule has 3 rings (SSSR count). The molecule has 0 atom stereocenters. The van der Waals surface area contributed by atoms with Crippen LogP contribution in [0.3, 0.4) is 0 Å². The number of ether oxygens (including phenoxy) is 1. The first-order valence-electron chi connectivity index (χ1n) is 7.31. The van der Waals surface area contributed by atoms with Crippen molar-refractivity contribution in [2.45, 2.75) is 18.4 Å². The van der Waals surface area contributed by atoms with Crippen molar-refractivity contribution in [3.8, 4) is 5.75 Å². The number of nitrogens with one attached hydrogen (secondary N) is 1. The van der Waals surface area contributed by atoms with Gasteiger partial charge < -0.3 is 15.2 Å². The van der Waals surface area contributed by atoms with Crippen molar-refractivity contribution >= 4 is 5.91 Å². The number of benzene rings is 2. The zero-order valence-electron chi connectivity index (χ0n) is 12.5. The summed E-state index contributed by atoms with van der Waals surface area (Å²) in [5, 5.41) is 13.5. The minimum Gasteiger partial charge on any atom is -0.497 e. The summed E-state index contributed by atoms with van der Waals surface area (Å²) in [5.74, 6) is 0.522. The lowest BCUT2D eigenvalue weighted by atomic mass is 10.0. The van der Waals surface area contributed by atoms with Crippen molar-refractivity contribution < 1.29 is 14.6 Å². The second-order valence-electron chi connectivity index (χ2n) is 5.76. The van der Waals surface area contributed by atoms with Crippen LogP contribution in [0, 0.1) is 0 Å². The van der Waals surface area contributed by atoms with Gasteiger partial charge in [0.05, 0.1) is 12.7 Å². The fourth-order valence-corrected chi connectivity index (χ4v) is 2.89. The van der Waals surface area contributed by atoms with Crippen molar-refractivity contribution in [1.82, 2.24) is 5.32 Å². The average Bonchev–Trinajstić information content (AvgIpc) is 2.89. The maximum absolute atomic E-state index is 12.2. The number of methoxy groups -OCH3 is 1. The van der Waals surface area contributed by atoms with Gasteiger partial charge in [-0.25, -0.2) is 0 Å². The van der Waals surface area contributed by atoms with Gasteiger partial charge in [-0.3, -0.25) is 4.79 Å². The number of fused-ring (bicyclic) bond motifs is 1. The Hall–Kier alpha value is -2.33. The zero-order chi connectivity index (χ0) is 15.6. The lowest BCUT2D eigenvalue weighted by Gasteiger charge is -2.22. The molecule has 4 nitrogen and oxygen atoms in total. The molecule has 4 heteroatoms. The fourth-order valence-electron chi connectivity index (χ4n) is 2.89. The number of carbonyl (C=O) groups is 1. The highest BCUT2D eigenvalue weighted by Crippen LogP contribution is 2.29. The van der Waals surface area contributed by atoms with Gasteiger partial charge in [0.1, 0.15) is 5.75 Å². The molecular weight excluding hydrogens is 278 g/mol. The van der Waals surface area contributed by atoms with Crippen LogP contribution >= 0.6 is 0 Å². The first kappa shape index (κ1) is 14.6. The average molecular weight is 297 g/mol.